The molecule has 5 heteroatoms. The molecule has 1 N–H and O–H groups in total. The number of aromatic nitrogens is 3. The minimum Gasteiger partial charge on any atom is -0.388 e. The molecule has 1 aliphatic rings. The van der Waals surface area contributed by atoms with Gasteiger partial charge in [0.1, 0.15) is 12.4 Å². The number of likely N-dealkylation sites (tertiary alicyclic amines) is 1. The van der Waals surface area contributed by atoms with Crippen LogP contribution in [0.4, 0.5) is 0 Å². The summed E-state index contributed by atoms with van der Waals surface area (Å²) in [6, 6.07) is 10.8. The fraction of sp³-hybridized carbons (Fsp3) is 0.600. The largest absolute Gasteiger partial charge is 0.388 e. The second-order valence-corrected chi connectivity index (χ2v) is 7.34. The monoisotopic (exact) mass is 342 g/mol. The van der Waals surface area contributed by atoms with Gasteiger partial charge < -0.3 is 14.6 Å². The van der Waals surface area contributed by atoms with Crippen molar-refractivity contribution in [1.29, 1.82) is 0 Å². The van der Waals surface area contributed by atoms with Crippen molar-refractivity contribution in [3.05, 3.63) is 47.5 Å². The van der Waals surface area contributed by atoms with Crippen molar-refractivity contribution in [2.75, 3.05) is 19.6 Å². The lowest BCUT2D eigenvalue weighted by atomic mass is 9.92. The van der Waals surface area contributed by atoms with Crippen molar-refractivity contribution < 1.29 is 5.11 Å². The van der Waals surface area contributed by atoms with Crippen molar-refractivity contribution in [3.8, 4) is 0 Å². The van der Waals surface area contributed by atoms with Crippen LogP contribution in [0.15, 0.2) is 30.3 Å². The number of aliphatic hydroxyl groups excluding tert-OH is 1. The molecule has 0 unspecified atom stereocenters. The van der Waals surface area contributed by atoms with Crippen LogP contribution in [0.1, 0.15) is 49.3 Å². The highest BCUT2D eigenvalue weighted by Gasteiger charge is 2.22. The van der Waals surface area contributed by atoms with Gasteiger partial charge in [0.2, 0.25) is 0 Å². The van der Waals surface area contributed by atoms with Crippen molar-refractivity contribution in [1.82, 2.24) is 19.7 Å². The van der Waals surface area contributed by atoms with Crippen LogP contribution in [0.25, 0.3) is 0 Å². The van der Waals surface area contributed by atoms with Crippen molar-refractivity contribution in [3.63, 3.8) is 0 Å². The van der Waals surface area contributed by atoms with Crippen molar-refractivity contribution in [2.45, 2.75) is 45.1 Å². The van der Waals surface area contributed by atoms with Crippen molar-refractivity contribution in [2.24, 2.45) is 13.0 Å². The Labute approximate surface area is 150 Å². The predicted octanol–water partition coefficient (Wildman–Crippen LogP) is 2.76. The molecule has 0 aliphatic carbocycles. The average molecular weight is 342 g/mol. The van der Waals surface area contributed by atoms with Gasteiger partial charge in [-0.3, -0.25) is 0 Å². The van der Waals surface area contributed by atoms with E-state index in [1.54, 1.807) is 0 Å². The molecule has 1 aromatic heterocycles. The van der Waals surface area contributed by atoms with E-state index in [2.05, 4.69) is 52.4 Å². The van der Waals surface area contributed by atoms with Gasteiger partial charge in [0, 0.05) is 13.5 Å². The summed E-state index contributed by atoms with van der Waals surface area (Å²) in [7, 11) is 1.95. The molecule has 0 spiro atoms. The summed E-state index contributed by atoms with van der Waals surface area (Å²) in [4.78, 5) is 2.60. The smallest absolute Gasteiger partial charge is 0.158 e. The van der Waals surface area contributed by atoms with Crippen LogP contribution < -0.4 is 0 Å². The fourth-order valence-electron chi connectivity index (χ4n) is 3.71. The number of rotatable bonds is 7. The van der Waals surface area contributed by atoms with Gasteiger partial charge in [-0.1, -0.05) is 37.3 Å². The van der Waals surface area contributed by atoms with Crippen LogP contribution >= 0.6 is 0 Å². The Morgan fingerprint density at radius 1 is 1.12 bits per heavy atom. The van der Waals surface area contributed by atoms with Crippen LogP contribution in [0, 0.1) is 5.92 Å². The Hall–Kier alpha value is -1.72. The molecule has 25 heavy (non-hydrogen) atoms. The third-order valence-electron chi connectivity index (χ3n) is 5.62. The predicted molar refractivity (Wildman–Crippen MR) is 99.3 cm³/mol. The van der Waals surface area contributed by atoms with Gasteiger partial charge in [-0.25, -0.2) is 0 Å². The molecule has 1 aromatic carbocycles. The molecule has 136 valence electrons. The Morgan fingerprint density at radius 3 is 2.44 bits per heavy atom. The Balaban J connectivity index is 1.42. The van der Waals surface area contributed by atoms with Crippen LogP contribution in [-0.2, 0) is 20.1 Å². The number of hydrogen-bond acceptors (Lipinski definition) is 4. The molecule has 0 bridgehead atoms. The Morgan fingerprint density at radius 2 is 1.80 bits per heavy atom. The fourth-order valence-corrected chi connectivity index (χ4v) is 3.71. The zero-order valence-electron chi connectivity index (χ0n) is 15.4. The first-order valence-electron chi connectivity index (χ1n) is 9.42. The van der Waals surface area contributed by atoms with E-state index in [9.17, 15) is 5.11 Å². The second-order valence-electron chi connectivity index (χ2n) is 7.34. The summed E-state index contributed by atoms with van der Waals surface area (Å²) in [6.45, 7) is 5.83. The molecule has 1 atom stereocenters. The number of hydrogen-bond donors (Lipinski definition) is 1. The first-order chi connectivity index (χ1) is 12.2. The van der Waals surface area contributed by atoms with E-state index in [4.69, 9.17) is 0 Å². The topological polar surface area (TPSA) is 54.2 Å². The molecule has 0 amide bonds. The quantitative estimate of drug-likeness (QED) is 0.841. The molecule has 1 fully saturated rings. The lowest BCUT2D eigenvalue weighted by molar-refractivity contribution is 0.178. The zero-order chi connectivity index (χ0) is 17.6. The van der Waals surface area contributed by atoms with Crippen LogP contribution in [0.2, 0.25) is 0 Å². The van der Waals surface area contributed by atoms with Gasteiger partial charge in [-0.15, -0.1) is 10.2 Å². The maximum atomic E-state index is 9.23. The number of piperidine rings is 1. The normalized spacial score (nSPS) is 17.7. The van der Waals surface area contributed by atoms with E-state index in [0.717, 1.165) is 12.2 Å². The minimum absolute atomic E-state index is 0.0401. The zero-order valence-corrected chi connectivity index (χ0v) is 15.4. The standard InChI is InChI=1S/C20H30N4O/c1-16(18-6-4-3-5-7-18)8-11-24-12-9-17(10-13-24)14-19-21-22-20(15-25)23(19)2/h3-7,16-17,25H,8-15H2,1-2H3/t16-/m1/s1. The lowest BCUT2D eigenvalue weighted by Crippen LogP contribution is -2.35. The number of benzene rings is 1. The molecule has 1 saturated heterocycles. The summed E-state index contributed by atoms with van der Waals surface area (Å²) in [5, 5.41) is 17.5. The lowest BCUT2D eigenvalue weighted by Gasteiger charge is -2.32. The summed E-state index contributed by atoms with van der Waals surface area (Å²) < 4.78 is 1.94. The third kappa shape index (κ3) is 4.67. The van der Waals surface area contributed by atoms with Crippen LogP contribution in [0.3, 0.4) is 0 Å². The SMILES string of the molecule is C[C@H](CCN1CCC(Cc2nnc(CO)n2C)CC1)c1ccccc1. The van der Waals surface area contributed by atoms with E-state index >= 15 is 0 Å². The van der Waals surface area contributed by atoms with Gasteiger partial charge >= 0.3 is 0 Å². The Kier molecular flexibility index (Phi) is 6.21. The summed E-state index contributed by atoms with van der Waals surface area (Å²) in [6.07, 6.45) is 4.64. The highest BCUT2D eigenvalue weighted by molar-refractivity contribution is 5.18. The highest BCUT2D eigenvalue weighted by Crippen LogP contribution is 2.23. The molecule has 0 radical (unpaired) electrons. The second kappa shape index (κ2) is 8.59. The third-order valence-corrected chi connectivity index (χ3v) is 5.62. The summed E-state index contributed by atoms with van der Waals surface area (Å²) in [5.74, 6) is 2.95. The van der Waals surface area contributed by atoms with Gasteiger partial charge in [-0.05, 0) is 56.3 Å². The Bertz CT molecular complexity index is 647. The summed E-state index contributed by atoms with van der Waals surface area (Å²) in [5.41, 5.74) is 1.44. The van der Waals surface area contributed by atoms with Gasteiger partial charge in [0.05, 0.1) is 0 Å². The number of nitrogens with zero attached hydrogens (tertiary/aromatic N) is 4. The van der Waals surface area contributed by atoms with E-state index < -0.39 is 0 Å². The van der Waals surface area contributed by atoms with Gasteiger partial charge in [-0.2, -0.15) is 0 Å². The van der Waals surface area contributed by atoms with Crippen LogP contribution in [0.5, 0.6) is 0 Å². The molecule has 0 saturated carbocycles. The molecular weight excluding hydrogens is 312 g/mol. The number of aliphatic hydroxyl groups is 1. The maximum absolute atomic E-state index is 9.23. The molecule has 5 nitrogen and oxygen atoms in total. The highest BCUT2D eigenvalue weighted by atomic mass is 16.3. The molecule has 3 rings (SSSR count). The van der Waals surface area contributed by atoms with E-state index in [1.165, 1.54) is 44.5 Å². The van der Waals surface area contributed by atoms with Gasteiger partial charge in [0.15, 0.2) is 5.82 Å². The molecule has 1 aliphatic heterocycles. The van der Waals surface area contributed by atoms with Gasteiger partial charge in [0.25, 0.3) is 0 Å². The summed E-state index contributed by atoms with van der Waals surface area (Å²) >= 11 is 0. The van der Waals surface area contributed by atoms with Crippen molar-refractivity contribution >= 4 is 0 Å². The molecular formula is C20H30N4O. The first kappa shape index (κ1) is 18.1. The van der Waals surface area contributed by atoms with E-state index in [1.807, 2.05) is 11.6 Å². The minimum atomic E-state index is -0.0401. The first-order valence-corrected chi connectivity index (χ1v) is 9.42. The molecule has 2 heterocycles. The van der Waals surface area contributed by atoms with E-state index in [-0.39, 0.29) is 6.61 Å². The maximum Gasteiger partial charge on any atom is 0.158 e. The molecule has 2 aromatic rings. The van der Waals surface area contributed by atoms with E-state index in [0.29, 0.717) is 17.7 Å². The average Bonchev–Trinajstić information content (AvgIpc) is 3.01. The van der Waals surface area contributed by atoms with Crippen LogP contribution in [-0.4, -0.2) is 44.4 Å².